The van der Waals surface area contributed by atoms with Crippen molar-refractivity contribution in [3.05, 3.63) is 0 Å². The van der Waals surface area contributed by atoms with Crippen molar-refractivity contribution in [3.63, 3.8) is 0 Å². The zero-order chi connectivity index (χ0) is 17.5. The van der Waals surface area contributed by atoms with Crippen LogP contribution < -0.4 is 0 Å². The molecular formula is C19H36O4. The van der Waals surface area contributed by atoms with Gasteiger partial charge in [-0.3, -0.25) is 0 Å². The largest absolute Gasteiger partial charge is 0.347 e. The zero-order valence-electron chi connectivity index (χ0n) is 16.3. The Morgan fingerprint density at radius 3 is 1.78 bits per heavy atom. The molecule has 0 aromatic rings. The van der Waals surface area contributed by atoms with E-state index in [0.717, 1.165) is 25.7 Å². The maximum atomic E-state index is 6.20. The van der Waals surface area contributed by atoms with Crippen LogP contribution >= 0.6 is 0 Å². The van der Waals surface area contributed by atoms with Gasteiger partial charge in [0.25, 0.3) is 0 Å². The minimum absolute atomic E-state index is 0.112. The Morgan fingerprint density at radius 2 is 1.26 bits per heavy atom. The molecule has 23 heavy (non-hydrogen) atoms. The molecule has 2 aliphatic heterocycles. The molecule has 0 radical (unpaired) electrons. The van der Waals surface area contributed by atoms with E-state index in [1.54, 1.807) is 0 Å². The standard InChI is InChI=1S/C19H36O4/c1-9-13-10-14(21-18(5,6)20-13)11-15-12-16(17(2,3)4)23-19(7,8)22-15/h13-16H,9-12H2,1-8H3/t13-,14-,15+,16+/m1/s1. The number of hydrogen-bond donors (Lipinski definition) is 0. The van der Waals surface area contributed by atoms with Crippen molar-refractivity contribution in [2.24, 2.45) is 5.41 Å². The molecule has 2 aliphatic rings. The van der Waals surface area contributed by atoms with Gasteiger partial charge in [-0.2, -0.15) is 0 Å². The number of hydrogen-bond acceptors (Lipinski definition) is 4. The Hall–Kier alpha value is -0.160. The van der Waals surface area contributed by atoms with Crippen molar-refractivity contribution < 1.29 is 18.9 Å². The SMILES string of the molecule is CC[C@@H]1C[C@H](C[C@H]2C[C@@H](C(C)(C)C)OC(C)(C)O2)OC(C)(C)O1. The topological polar surface area (TPSA) is 36.9 Å². The second-order valence-corrected chi connectivity index (χ2v) is 9.11. The van der Waals surface area contributed by atoms with Crippen molar-refractivity contribution in [1.82, 2.24) is 0 Å². The van der Waals surface area contributed by atoms with E-state index in [4.69, 9.17) is 18.9 Å². The predicted molar refractivity (Wildman–Crippen MR) is 91.2 cm³/mol. The first-order valence-electron chi connectivity index (χ1n) is 9.11. The highest BCUT2D eigenvalue weighted by Gasteiger charge is 2.43. The average Bonchev–Trinajstić information content (AvgIpc) is 2.33. The van der Waals surface area contributed by atoms with E-state index < -0.39 is 11.6 Å². The van der Waals surface area contributed by atoms with E-state index in [0.29, 0.717) is 0 Å². The van der Waals surface area contributed by atoms with Crippen molar-refractivity contribution in [2.45, 2.75) is 117 Å². The van der Waals surface area contributed by atoms with E-state index in [1.165, 1.54) is 0 Å². The van der Waals surface area contributed by atoms with E-state index >= 15 is 0 Å². The summed E-state index contributed by atoms with van der Waals surface area (Å²) in [6.07, 6.45) is 4.62. The lowest BCUT2D eigenvalue weighted by Gasteiger charge is -2.47. The van der Waals surface area contributed by atoms with E-state index in [9.17, 15) is 0 Å². The average molecular weight is 328 g/mol. The Balaban J connectivity index is 2.03. The summed E-state index contributed by atoms with van der Waals surface area (Å²) in [5.41, 5.74) is 0.112. The lowest BCUT2D eigenvalue weighted by atomic mass is 9.83. The van der Waals surface area contributed by atoms with Gasteiger partial charge >= 0.3 is 0 Å². The number of ether oxygens (including phenoxy) is 4. The van der Waals surface area contributed by atoms with Gasteiger partial charge in [-0.05, 0) is 39.5 Å². The molecule has 0 aromatic heterocycles. The lowest BCUT2D eigenvalue weighted by molar-refractivity contribution is -0.333. The molecule has 2 heterocycles. The highest BCUT2D eigenvalue weighted by Crippen LogP contribution is 2.39. The first-order valence-corrected chi connectivity index (χ1v) is 9.11. The molecular weight excluding hydrogens is 292 g/mol. The highest BCUT2D eigenvalue weighted by molar-refractivity contribution is 4.87. The van der Waals surface area contributed by atoms with Gasteiger partial charge in [-0.15, -0.1) is 0 Å². The Labute approximate surface area is 142 Å². The second kappa shape index (κ2) is 6.62. The summed E-state index contributed by atoms with van der Waals surface area (Å²) in [5, 5.41) is 0. The summed E-state index contributed by atoms with van der Waals surface area (Å²) in [6.45, 7) is 16.9. The molecule has 0 saturated carbocycles. The van der Waals surface area contributed by atoms with Gasteiger partial charge in [0.15, 0.2) is 11.6 Å². The Bertz CT molecular complexity index is 397. The molecule has 4 heteroatoms. The Morgan fingerprint density at radius 1 is 0.783 bits per heavy atom. The summed E-state index contributed by atoms with van der Waals surface area (Å²) in [4.78, 5) is 0. The highest BCUT2D eigenvalue weighted by atomic mass is 16.7. The Kier molecular flexibility index (Phi) is 5.52. The van der Waals surface area contributed by atoms with Crippen LogP contribution in [0.4, 0.5) is 0 Å². The van der Waals surface area contributed by atoms with Crippen molar-refractivity contribution in [1.29, 1.82) is 0 Å². The molecule has 0 spiro atoms. The molecule has 4 nitrogen and oxygen atoms in total. The molecule has 0 N–H and O–H groups in total. The minimum Gasteiger partial charge on any atom is -0.347 e. The summed E-state index contributed by atoms with van der Waals surface area (Å²) >= 11 is 0. The molecule has 2 fully saturated rings. The van der Waals surface area contributed by atoms with Crippen LogP contribution in [0.15, 0.2) is 0 Å². The van der Waals surface area contributed by atoms with Crippen molar-refractivity contribution in [2.75, 3.05) is 0 Å². The lowest BCUT2D eigenvalue weighted by Crippen LogP contribution is -2.51. The monoisotopic (exact) mass is 328 g/mol. The van der Waals surface area contributed by atoms with Crippen LogP contribution in [-0.4, -0.2) is 36.0 Å². The minimum atomic E-state index is -0.536. The molecule has 0 bridgehead atoms. The van der Waals surface area contributed by atoms with Gasteiger partial charge in [0.05, 0.1) is 24.4 Å². The summed E-state index contributed by atoms with van der Waals surface area (Å²) < 4.78 is 24.5. The van der Waals surface area contributed by atoms with Crippen LogP contribution in [0.25, 0.3) is 0 Å². The fourth-order valence-electron chi connectivity index (χ4n) is 3.69. The molecule has 136 valence electrons. The maximum absolute atomic E-state index is 6.20. The van der Waals surface area contributed by atoms with Crippen LogP contribution in [0.1, 0.15) is 81.1 Å². The molecule has 0 aromatic carbocycles. The fourth-order valence-corrected chi connectivity index (χ4v) is 3.69. The smallest absolute Gasteiger partial charge is 0.163 e. The third-order valence-corrected chi connectivity index (χ3v) is 4.73. The van der Waals surface area contributed by atoms with Crippen LogP contribution in [0, 0.1) is 5.41 Å². The second-order valence-electron chi connectivity index (χ2n) is 9.11. The first-order chi connectivity index (χ1) is 10.4. The van der Waals surface area contributed by atoms with Crippen LogP contribution in [-0.2, 0) is 18.9 Å². The third kappa shape index (κ3) is 5.42. The third-order valence-electron chi connectivity index (χ3n) is 4.73. The van der Waals surface area contributed by atoms with Gasteiger partial charge in [-0.25, -0.2) is 0 Å². The maximum Gasteiger partial charge on any atom is 0.163 e. The van der Waals surface area contributed by atoms with Gasteiger partial charge in [-0.1, -0.05) is 27.7 Å². The molecule has 0 amide bonds. The summed E-state index contributed by atoms with van der Waals surface area (Å²) in [5.74, 6) is -1.04. The predicted octanol–water partition coefficient (Wildman–Crippen LogP) is 4.65. The summed E-state index contributed by atoms with van der Waals surface area (Å²) in [7, 11) is 0. The van der Waals surface area contributed by atoms with Gasteiger partial charge < -0.3 is 18.9 Å². The normalized spacial score (nSPS) is 37.6. The molecule has 0 aliphatic carbocycles. The summed E-state index contributed by atoms with van der Waals surface area (Å²) in [6, 6.07) is 0. The molecule has 0 unspecified atom stereocenters. The zero-order valence-corrected chi connectivity index (χ0v) is 16.3. The van der Waals surface area contributed by atoms with Gasteiger partial charge in [0.2, 0.25) is 0 Å². The molecule has 2 rings (SSSR count). The molecule has 4 atom stereocenters. The fraction of sp³-hybridized carbons (Fsp3) is 1.00. The van der Waals surface area contributed by atoms with Crippen LogP contribution in [0.3, 0.4) is 0 Å². The number of rotatable bonds is 3. The van der Waals surface area contributed by atoms with Gasteiger partial charge in [0, 0.05) is 19.3 Å². The van der Waals surface area contributed by atoms with Crippen molar-refractivity contribution in [3.8, 4) is 0 Å². The quantitative estimate of drug-likeness (QED) is 0.755. The van der Waals surface area contributed by atoms with Gasteiger partial charge in [0.1, 0.15) is 0 Å². The van der Waals surface area contributed by atoms with E-state index in [2.05, 4.69) is 27.7 Å². The van der Waals surface area contributed by atoms with Crippen LogP contribution in [0.5, 0.6) is 0 Å². The molecule has 2 saturated heterocycles. The van der Waals surface area contributed by atoms with E-state index in [-0.39, 0.29) is 29.8 Å². The van der Waals surface area contributed by atoms with Crippen LogP contribution in [0.2, 0.25) is 0 Å². The van der Waals surface area contributed by atoms with E-state index in [1.807, 2.05) is 27.7 Å². The van der Waals surface area contributed by atoms with Crippen molar-refractivity contribution >= 4 is 0 Å². The first kappa shape index (κ1) is 19.2.